The van der Waals surface area contributed by atoms with Crippen molar-refractivity contribution in [2.24, 2.45) is 0 Å². The van der Waals surface area contributed by atoms with E-state index in [2.05, 4.69) is 5.32 Å². The van der Waals surface area contributed by atoms with Crippen LogP contribution in [0.1, 0.15) is 38.6 Å². The van der Waals surface area contributed by atoms with Crippen LogP contribution in [-0.4, -0.2) is 57.6 Å². The van der Waals surface area contributed by atoms with Gasteiger partial charge in [0.15, 0.2) is 0 Å². The maximum Gasteiger partial charge on any atom is 0.326 e. The molecule has 0 bridgehead atoms. The number of nitrogens with one attached hydrogen (secondary N) is 1. The van der Waals surface area contributed by atoms with Crippen LogP contribution in [0.25, 0.3) is 0 Å². The van der Waals surface area contributed by atoms with Crippen LogP contribution in [0.4, 0.5) is 0 Å². The summed E-state index contributed by atoms with van der Waals surface area (Å²) in [4.78, 5) is 36.8. The van der Waals surface area contributed by atoms with E-state index in [1.165, 1.54) is 11.8 Å². The highest BCUT2D eigenvalue weighted by atomic mass is 16.4. The summed E-state index contributed by atoms with van der Waals surface area (Å²) < 4.78 is 38.8. The van der Waals surface area contributed by atoms with E-state index in [-0.39, 0.29) is 24.9 Å². The SMILES string of the molecule is [2H]c1c([2H])c([2H])c(CC[C@H](N[C@@H](C)C(=O)N2CCC[C@H]2C(=O)O)C(=O)O)c([2H])c1[2H]. The summed E-state index contributed by atoms with van der Waals surface area (Å²) in [6.07, 6.45) is 0.657. The van der Waals surface area contributed by atoms with Crippen LogP contribution in [0.5, 0.6) is 0 Å². The molecule has 1 aromatic carbocycles. The normalized spacial score (nSPS) is 22.2. The quantitative estimate of drug-likeness (QED) is 0.647. The van der Waals surface area contributed by atoms with Gasteiger partial charge in [-0.25, -0.2) is 4.79 Å². The van der Waals surface area contributed by atoms with Crippen LogP contribution in [0, 0.1) is 0 Å². The summed E-state index contributed by atoms with van der Waals surface area (Å²) in [7, 11) is 0. The van der Waals surface area contributed by atoms with Crippen molar-refractivity contribution < 1.29 is 31.5 Å². The number of carbonyl (C=O) groups is 3. The Labute approximate surface area is 153 Å². The lowest BCUT2D eigenvalue weighted by molar-refractivity contribution is -0.149. The molecular weight excluding hydrogens is 324 g/mol. The van der Waals surface area contributed by atoms with Crippen molar-refractivity contribution in [3.8, 4) is 0 Å². The zero-order valence-corrected chi connectivity index (χ0v) is 13.8. The smallest absolute Gasteiger partial charge is 0.326 e. The third-order valence-electron chi connectivity index (χ3n) is 4.18. The molecule has 1 aliphatic heterocycles. The minimum atomic E-state index is -1.27. The van der Waals surface area contributed by atoms with Gasteiger partial charge in [-0.2, -0.15) is 0 Å². The van der Waals surface area contributed by atoms with Gasteiger partial charge in [-0.05, 0) is 38.2 Å². The second-order valence-corrected chi connectivity index (χ2v) is 5.95. The molecule has 3 atom stereocenters. The minimum Gasteiger partial charge on any atom is -0.480 e. The molecule has 0 aliphatic carbocycles. The van der Waals surface area contributed by atoms with Gasteiger partial charge in [-0.1, -0.05) is 30.2 Å². The highest BCUT2D eigenvalue weighted by molar-refractivity contribution is 5.88. The average Bonchev–Trinajstić information content (AvgIpc) is 3.19. The lowest BCUT2D eigenvalue weighted by Gasteiger charge is -2.27. The van der Waals surface area contributed by atoms with E-state index < -0.39 is 66.2 Å². The zero-order valence-electron chi connectivity index (χ0n) is 18.8. The monoisotopic (exact) mass is 353 g/mol. The fourth-order valence-corrected chi connectivity index (χ4v) is 2.88. The van der Waals surface area contributed by atoms with Gasteiger partial charge in [0.2, 0.25) is 5.91 Å². The summed E-state index contributed by atoms with van der Waals surface area (Å²) >= 11 is 0. The number of carboxylic acid groups (broad SMARTS) is 2. The van der Waals surface area contributed by atoms with Gasteiger partial charge in [0.1, 0.15) is 12.1 Å². The Morgan fingerprint density at radius 2 is 2.00 bits per heavy atom. The molecule has 0 saturated carbocycles. The number of rotatable bonds is 8. The molecular formula is C18H24N2O5. The van der Waals surface area contributed by atoms with Crippen molar-refractivity contribution in [1.82, 2.24) is 10.2 Å². The predicted octanol–water partition coefficient (Wildman–Crippen LogP) is 1.13. The summed E-state index contributed by atoms with van der Waals surface area (Å²) in [5.41, 5.74) is -0.00138. The summed E-state index contributed by atoms with van der Waals surface area (Å²) in [6.45, 7) is 1.72. The van der Waals surface area contributed by atoms with Crippen molar-refractivity contribution in [1.29, 1.82) is 0 Å². The van der Waals surface area contributed by atoms with Crippen LogP contribution in [-0.2, 0) is 20.8 Å². The van der Waals surface area contributed by atoms with E-state index in [0.29, 0.717) is 12.8 Å². The van der Waals surface area contributed by atoms with Gasteiger partial charge in [-0.3, -0.25) is 14.9 Å². The Morgan fingerprint density at radius 3 is 2.60 bits per heavy atom. The van der Waals surface area contributed by atoms with E-state index in [9.17, 15) is 24.6 Å². The first-order valence-corrected chi connectivity index (χ1v) is 8.05. The van der Waals surface area contributed by atoms with Crippen molar-refractivity contribution in [3.63, 3.8) is 0 Å². The predicted molar refractivity (Wildman–Crippen MR) is 91.2 cm³/mol. The zero-order chi connectivity index (χ0) is 22.7. The second-order valence-electron chi connectivity index (χ2n) is 5.95. The summed E-state index contributed by atoms with van der Waals surface area (Å²) in [6, 6.07) is -5.44. The molecule has 7 nitrogen and oxygen atoms in total. The van der Waals surface area contributed by atoms with Gasteiger partial charge in [0.25, 0.3) is 0 Å². The second kappa shape index (κ2) is 8.62. The number of carbonyl (C=O) groups excluding carboxylic acids is 1. The van der Waals surface area contributed by atoms with Gasteiger partial charge in [0.05, 0.1) is 12.9 Å². The lowest BCUT2D eigenvalue weighted by atomic mass is 10.0. The summed E-state index contributed by atoms with van der Waals surface area (Å²) in [5, 5.41) is 21.4. The van der Waals surface area contributed by atoms with Crippen LogP contribution in [0.15, 0.2) is 30.2 Å². The molecule has 25 heavy (non-hydrogen) atoms. The highest BCUT2D eigenvalue weighted by Crippen LogP contribution is 2.18. The lowest BCUT2D eigenvalue weighted by Crippen LogP contribution is -2.53. The molecule has 7 heteroatoms. The molecule has 136 valence electrons. The Bertz CT molecular complexity index is 837. The maximum absolute atomic E-state index is 12.6. The molecule has 1 heterocycles. The first-order chi connectivity index (χ1) is 14.0. The molecule has 0 unspecified atom stereocenters. The Morgan fingerprint density at radius 1 is 1.32 bits per heavy atom. The first-order valence-electron chi connectivity index (χ1n) is 10.5. The molecule has 3 N–H and O–H groups in total. The Kier molecular flexibility index (Phi) is 4.44. The van der Waals surface area contributed by atoms with Crippen LogP contribution in [0.2, 0.25) is 0 Å². The maximum atomic E-state index is 12.6. The fraction of sp³-hybridized carbons (Fsp3) is 0.500. The molecule has 0 aromatic heterocycles. The van der Waals surface area contributed by atoms with Gasteiger partial charge >= 0.3 is 11.9 Å². The van der Waals surface area contributed by atoms with Crippen LogP contribution in [0.3, 0.4) is 0 Å². The highest BCUT2D eigenvalue weighted by Gasteiger charge is 2.36. The van der Waals surface area contributed by atoms with Crippen LogP contribution < -0.4 is 5.32 Å². The number of aliphatic carboxylic acids is 2. The number of amides is 1. The largest absolute Gasteiger partial charge is 0.480 e. The average molecular weight is 353 g/mol. The number of carboxylic acids is 2. The van der Waals surface area contributed by atoms with Gasteiger partial charge in [0, 0.05) is 6.54 Å². The molecule has 2 rings (SSSR count). The third-order valence-corrected chi connectivity index (χ3v) is 4.18. The molecule has 1 fully saturated rings. The van der Waals surface area contributed by atoms with E-state index in [4.69, 9.17) is 6.85 Å². The molecule has 1 aromatic rings. The van der Waals surface area contributed by atoms with E-state index >= 15 is 0 Å². The fourth-order valence-electron chi connectivity index (χ4n) is 2.88. The van der Waals surface area contributed by atoms with Crippen molar-refractivity contribution >= 4 is 17.8 Å². The van der Waals surface area contributed by atoms with Crippen molar-refractivity contribution in [2.45, 2.75) is 50.7 Å². The number of nitrogens with zero attached hydrogens (tertiary/aromatic N) is 1. The van der Waals surface area contributed by atoms with Gasteiger partial charge in [-0.15, -0.1) is 0 Å². The Hall–Kier alpha value is -2.41. The van der Waals surface area contributed by atoms with Crippen molar-refractivity contribution in [2.75, 3.05) is 6.54 Å². The van der Waals surface area contributed by atoms with E-state index in [0.717, 1.165) is 0 Å². The van der Waals surface area contributed by atoms with Crippen molar-refractivity contribution in [3.05, 3.63) is 35.8 Å². The molecule has 0 radical (unpaired) electrons. The number of likely N-dealkylation sites (tertiary alicyclic amines) is 1. The topological polar surface area (TPSA) is 107 Å². The number of hydrogen-bond acceptors (Lipinski definition) is 4. The Balaban J connectivity index is 2.12. The summed E-state index contributed by atoms with van der Waals surface area (Å²) in [5.74, 6) is -2.89. The van der Waals surface area contributed by atoms with Gasteiger partial charge < -0.3 is 15.1 Å². The van der Waals surface area contributed by atoms with E-state index in [1.807, 2.05) is 0 Å². The van der Waals surface area contributed by atoms with E-state index in [1.54, 1.807) is 0 Å². The third kappa shape index (κ3) is 5.03. The molecule has 1 aliphatic rings. The molecule has 1 saturated heterocycles. The first kappa shape index (κ1) is 12.9. The standard InChI is InChI=1S/C18H24N2O5/c1-12(16(21)20-11-5-8-15(20)18(24)25)19-14(17(22)23)10-9-13-6-3-2-4-7-13/h2-4,6-7,12,14-15,19H,5,8-11H2,1H3,(H,22,23)(H,24,25)/t12-,14-,15-/m0/s1/i2D,3D,4D,6D,7D. The van der Waals surface area contributed by atoms with Crippen LogP contribution >= 0.6 is 0 Å². The molecule has 1 amide bonds. The minimum absolute atomic E-state index is 0.00138. The number of benzene rings is 1. The molecule has 0 spiro atoms. The number of hydrogen-bond donors (Lipinski definition) is 3.